The number of imidazole rings is 1. The topological polar surface area (TPSA) is 42.8 Å². The maximum absolute atomic E-state index is 5.69. The number of rotatable bonds is 5. The molecule has 1 saturated heterocycles. The van der Waals surface area contributed by atoms with E-state index in [1.807, 2.05) is 6.33 Å². The number of H-pyrrole nitrogens is 1. The van der Waals surface area contributed by atoms with Crippen LogP contribution in [0.15, 0.2) is 67.1 Å². The van der Waals surface area contributed by atoms with Crippen LogP contribution in [-0.2, 0) is 17.7 Å². The number of hydrogen-bond acceptors (Lipinski definition) is 2. The Kier molecular flexibility index (Phi) is 4.26. The lowest BCUT2D eigenvalue weighted by molar-refractivity contribution is 0.193. The molecule has 0 amide bonds. The Morgan fingerprint density at radius 1 is 1.07 bits per heavy atom. The van der Waals surface area contributed by atoms with E-state index in [9.17, 15) is 0 Å². The quantitative estimate of drug-likeness (QED) is 0.559. The van der Waals surface area contributed by atoms with Gasteiger partial charge in [0.05, 0.1) is 24.3 Å². The molecule has 5 rings (SSSR count). The highest BCUT2D eigenvalue weighted by Crippen LogP contribution is 2.33. The van der Waals surface area contributed by atoms with E-state index in [-0.39, 0.29) is 0 Å². The molecule has 0 spiro atoms. The first-order valence-corrected chi connectivity index (χ1v) is 9.63. The molecule has 0 saturated carbocycles. The SMILES string of the molecule is c1ccc(-c2ncn(CCc3c[nH]c4ccccc34)c2C2CCOC2)cc1. The lowest BCUT2D eigenvalue weighted by Crippen LogP contribution is -2.10. The van der Waals surface area contributed by atoms with Gasteiger partial charge in [0, 0.05) is 41.7 Å². The second-order valence-electron chi connectivity index (χ2n) is 7.21. The molecule has 2 aromatic heterocycles. The van der Waals surface area contributed by atoms with Gasteiger partial charge in [-0.25, -0.2) is 4.98 Å². The van der Waals surface area contributed by atoms with Crippen molar-refractivity contribution in [2.45, 2.75) is 25.3 Å². The van der Waals surface area contributed by atoms with Gasteiger partial charge in [-0.1, -0.05) is 48.5 Å². The average molecular weight is 357 g/mol. The molecule has 0 radical (unpaired) electrons. The summed E-state index contributed by atoms with van der Waals surface area (Å²) in [6.07, 6.45) is 6.19. The Morgan fingerprint density at radius 3 is 2.78 bits per heavy atom. The molecule has 1 atom stereocenters. The molecule has 3 heterocycles. The van der Waals surface area contributed by atoms with Gasteiger partial charge in [0.1, 0.15) is 0 Å². The molecule has 1 unspecified atom stereocenters. The molecule has 1 aliphatic rings. The Hall–Kier alpha value is -2.85. The monoisotopic (exact) mass is 357 g/mol. The fourth-order valence-corrected chi connectivity index (χ4v) is 4.15. The average Bonchev–Trinajstić information content (AvgIpc) is 3.46. The highest BCUT2D eigenvalue weighted by Gasteiger charge is 2.25. The number of aryl methyl sites for hydroxylation is 2. The molecular formula is C23H23N3O. The van der Waals surface area contributed by atoms with Crippen LogP contribution in [0.4, 0.5) is 0 Å². The van der Waals surface area contributed by atoms with Gasteiger partial charge < -0.3 is 14.3 Å². The maximum Gasteiger partial charge on any atom is 0.0956 e. The van der Waals surface area contributed by atoms with Crippen LogP contribution in [0.25, 0.3) is 22.2 Å². The van der Waals surface area contributed by atoms with Crippen LogP contribution >= 0.6 is 0 Å². The van der Waals surface area contributed by atoms with Crippen molar-refractivity contribution in [3.05, 3.63) is 78.4 Å². The van der Waals surface area contributed by atoms with Gasteiger partial charge in [0.25, 0.3) is 0 Å². The number of aromatic nitrogens is 3. The second-order valence-corrected chi connectivity index (χ2v) is 7.21. The number of fused-ring (bicyclic) bond motifs is 1. The number of benzene rings is 2. The highest BCUT2D eigenvalue weighted by atomic mass is 16.5. The maximum atomic E-state index is 5.69. The third kappa shape index (κ3) is 3.06. The summed E-state index contributed by atoms with van der Waals surface area (Å²) in [4.78, 5) is 8.17. The molecule has 0 aliphatic carbocycles. The van der Waals surface area contributed by atoms with Gasteiger partial charge in [0.2, 0.25) is 0 Å². The molecular weight excluding hydrogens is 334 g/mol. The van der Waals surface area contributed by atoms with Gasteiger partial charge in [-0.2, -0.15) is 0 Å². The van der Waals surface area contributed by atoms with Crippen LogP contribution in [-0.4, -0.2) is 27.7 Å². The zero-order valence-electron chi connectivity index (χ0n) is 15.3. The number of nitrogens with one attached hydrogen (secondary N) is 1. The smallest absolute Gasteiger partial charge is 0.0956 e. The largest absolute Gasteiger partial charge is 0.381 e. The van der Waals surface area contributed by atoms with Crippen LogP contribution in [0.2, 0.25) is 0 Å². The van der Waals surface area contributed by atoms with Crippen molar-refractivity contribution in [1.29, 1.82) is 0 Å². The predicted molar refractivity (Wildman–Crippen MR) is 108 cm³/mol. The molecule has 4 nitrogen and oxygen atoms in total. The summed E-state index contributed by atoms with van der Waals surface area (Å²) in [5.74, 6) is 0.422. The molecule has 2 aromatic carbocycles. The lowest BCUT2D eigenvalue weighted by Gasteiger charge is -2.15. The summed E-state index contributed by atoms with van der Waals surface area (Å²) >= 11 is 0. The van der Waals surface area contributed by atoms with Gasteiger partial charge in [-0.3, -0.25) is 0 Å². The van der Waals surface area contributed by atoms with Crippen molar-refractivity contribution in [2.24, 2.45) is 0 Å². The fraction of sp³-hybridized carbons (Fsp3) is 0.261. The van der Waals surface area contributed by atoms with E-state index >= 15 is 0 Å². The summed E-state index contributed by atoms with van der Waals surface area (Å²) < 4.78 is 8.03. The van der Waals surface area contributed by atoms with E-state index < -0.39 is 0 Å². The third-order valence-electron chi connectivity index (χ3n) is 5.54. The number of aromatic amines is 1. The summed E-state index contributed by atoms with van der Waals surface area (Å²) in [5, 5.41) is 1.31. The van der Waals surface area contributed by atoms with E-state index in [4.69, 9.17) is 9.72 Å². The minimum Gasteiger partial charge on any atom is -0.381 e. The molecule has 4 aromatic rings. The lowest BCUT2D eigenvalue weighted by atomic mass is 9.99. The molecule has 1 fully saturated rings. The van der Waals surface area contributed by atoms with Crippen molar-refractivity contribution in [3.63, 3.8) is 0 Å². The molecule has 1 aliphatic heterocycles. The number of hydrogen-bond donors (Lipinski definition) is 1. The Balaban J connectivity index is 1.47. The van der Waals surface area contributed by atoms with Crippen molar-refractivity contribution < 1.29 is 4.74 Å². The van der Waals surface area contributed by atoms with Gasteiger partial charge in [0.15, 0.2) is 0 Å². The van der Waals surface area contributed by atoms with Crippen molar-refractivity contribution in [3.8, 4) is 11.3 Å². The summed E-state index contributed by atoms with van der Waals surface area (Å²) in [6.45, 7) is 2.55. The summed E-state index contributed by atoms with van der Waals surface area (Å²) in [6, 6.07) is 19.0. The minimum absolute atomic E-state index is 0.422. The molecule has 1 N–H and O–H groups in total. The Labute approximate surface area is 158 Å². The van der Waals surface area contributed by atoms with E-state index in [0.29, 0.717) is 5.92 Å². The standard InChI is InChI=1S/C23H23N3O/c1-2-6-17(7-3-1)22-23(19-11-13-27-15-19)26(16-25-22)12-10-18-14-24-21-9-5-4-8-20(18)21/h1-9,14,16,19,24H,10-13,15H2. The molecule has 136 valence electrons. The second kappa shape index (κ2) is 7.05. The zero-order valence-corrected chi connectivity index (χ0v) is 15.3. The van der Waals surface area contributed by atoms with E-state index in [0.717, 1.165) is 38.3 Å². The molecule has 0 bridgehead atoms. The fourth-order valence-electron chi connectivity index (χ4n) is 4.15. The number of nitrogens with zero attached hydrogens (tertiary/aromatic N) is 2. The van der Waals surface area contributed by atoms with E-state index in [1.165, 1.54) is 27.7 Å². The van der Waals surface area contributed by atoms with Crippen LogP contribution in [0, 0.1) is 0 Å². The first-order valence-electron chi connectivity index (χ1n) is 9.63. The molecule has 4 heteroatoms. The summed E-state index contributed by atoms with van der Waals surface area (Å²) in [7, 11) is 0. The van der Waals surface area contributed by atoms with Gasteiger partial charge in [-0.15, -0.1) is 0 Å². The van der Waals surface area contributed by atoms with Crippen LogP contribution in [0.3, 0.4) is 0 Å². The van der Waals surface area contributed by atoms with E-state index in [2.05, 4.69) is 70.3 Å². The Bertz CT molecular complexity index is 1040. The normalized spacial score (nSPS) is 17.0. The van der Waals surface area contributed by atoms with Crippen LogP contribution < -0.4 is 0 Å². The van der Waals surface area contributed by atoms with Gasteiger partial charge >= 0.3 is 0 Å². The van der Waals surface area contributed by atoms with E-state index in [1.54, 1.807) is 0 Å². The Morgan fingerprint density at radius 2 is 1.93 bits per heavy atom. The van der Waals surface area contributed by atoms with Crippen LogP contribution in [0.5, 0.6) is 0 Å². The van der Waals surface area contributed by atoms with Crippen molar-refractivity contribution in [2.75, 3.05) is 13.2 Å². The molecule has 27 heavy (non-hydrogen) atoms. The zero-order chi connectivity index (χ0) is 18.1. The summed E-state index contributed by atoms with van der Waals surface area (Å²) in [5.41, 5.74) is 6.16. The number of ether oxygens (including phenoxy) is 1. The third-order valence-corrected chi connectivity index (χ3v) is 5.54. The van der Waals surface area contributed by atoms with Gasteiger partial charge in [-0.05, 0) is 24.5 Å². The van der Waals surface area contributed by atoms with Crippen LogP contribution in [0.1, 0.15) is 23.6 Å². The predicted octanol–water partition coefficient (Wildman–Crippen LogP) is 4.78. The highest BCUT2D eigenvalue weighted by molar-refractivity contribution is 5.83. The number of para-hydroxylation sites is 1. The van der Waals surface area contributed by atoms with Crippen molar-refractivity contribution >= 4 is 10.9 Å². The minimum atomic E-state index is 0.422. The first-order chi connectivity index (χ1) is 13.4. The first kappa shape index (κ1) is 16.3. The van der Waals surface area contributed by atoms with Crippen molar-refractivity contribution in [1.82, 2.24) is 14.5 Å².